The highest BCUT2D eigenvalue weighted by molar-refractivity contribution is 7.92. The Morgan fingerprint density at radius 2 is 1.88 bits per heavy atom. The van der Waals surface area contributed by atoms with Gasteiger partial charge in [0, 0.05) is 29.9 Å². The second kappa shape index (κ2) is 10.1. The van der Waals surface area contributed by atoms with Gasteiger partial charge in [0.05, 0.1) is 21.7 Å². The molecule has 0 aliphatic heterocycles. The van der Waals surface area contributed by atoms with E-state index in [0.29, 0.717) is 33.2 Å². The minimum atomic E-state index is -3.88. The first-order chi connectivity index (χ1) is 16.3. The van der Waals surface area contributed by atoms with E-state index in [1.165, 1.54) is 67.0 Å². The first-order valence-corrected chi connectivity index (χ1v) is 12.7. The van der Waals surface area contributed by atoms with Crippen LogP contribution in [0, 0.1) is 5.82 Å². The molecule has 0 bridgehead atoms. The Kier molecular flexibility index (Phi) is 7.13. The molecule has 1 aromatic heterocycles. The third-order valence-corrected chi connectivity index (χ3v) is 7.55. The summed E-state index contributed by atoms with van der Waals surface area (Å²) in [6.45, 7) is 0.619. The molecule has 0 unspecified atom stereocenters. The van der Waals surface area contributed by atoms with Gasteiger partial charge in [0.15, 0.2) is 4.80 Å². The summed E-state index contributed by atoms with van der Waals surface area (Å²) in [6, 6.07) is 16.4. The van der Waals surface area contributed by atoms with Crippen molar-refractivity contribution in [3.05, 3.63) is 87.9 Å². The van der Waals surface area contributed by atoms with Gasteiger partial charge in [-0.15, -0.1) is 0 Å². The molecule has 1 N–H and O–H groups in total. The van der Waals surface area contributed by atoms with Crippen LogP contribution in [0.2, 0.25) is 5.02 Å². The minimum absolute atomic E-state index is 0.0322. The molecule has 34 heavy (non-hydrogen) atoms. The number of nitrogens with zero attached hydrogens (tertiary/aromatic N) is 2. The average Bonchev–Trinajstić information content (AvgIpc) is 3.16. The molecule has 1 amide bonds. The number of hydrogen-bond acceptors (Lipinski definition) is 5. The summed E-state index contributed by atoms with van der Waals surface area (Å²) in [5.74, 6) is -1.01. The van der Waals surface area contributed by atoms with Crippen molar-refractivity contribution in [2.24, 2.45) is 4.99 Å². The van der Waals surface area contributed by atoms with Crippen LogP contribution < -0.4 is 9.52 Å². The highest BCUT2D eigenvalue weighted by Gasteiger charge is 2.16. The third kappa shape index (κ3) is 5.20. The van der Waals surface area contributed by atoms with Crippen LogP contribution in [0.5, 0.6) is 0 Å². The Labute approximate surface area is 204 Å². The van der Waals surface area contributed by atoms with Crippen molar-refractivity contribution < 1.29 is 22.3 Å². The lowest BCUT2D eigenvalue weighted by molar-refractivity contribution is 0.0997. The smallest absolute Gasteiger partial charge is 0.279 e. The lowest BCUT2D eigenvalue weighted by Crippen LogP contribution is -2.20. The number of rotatable bonds is 7. The normalized spacial score (nSPS) is 12.3. The van der Waals surface area contributed by atoms with Crippen molar-refractivity contribution in [1.82, 2.24) is 4.57 Å². The van der Waals surface area contributed by atoms with Gasteiger partial charge < -0.3 is 9.30 Å². The molecule has 11 heteroatoms. The van der Waals surface area contributed by atoms with Crippen molar-refractivity contribution in [1.29, 1.82) is 0 Å². The van der Waals surface area contributed by atoms with E-state index in [1.54, 1.807) is 22.8 Å². The van der Waals surface area contributed by atoms with E-state index in [4.69, 9.17) is 16.3 Å². The molecule has 0 radical (unpaired) electrons. The summed E-state index contributed by atoms with van der Waals surface area (Å²) < 4.78 is 49.6. The number of anilines is 1. The van der Waals surface area contributed by atoms with Crippen molar-refractivity contribution in [3.63, 3.8) is 0 Å². The first kappa shape index (κ1) is 24.1. The van der Waals surface area contributed by atoms with E-state index in [9.17, 15) is 17.6 Å². The maximum atomic E-state index is 14.5. The fraction of sp³-hybridized carbons (Fsp3) is 0.130. The Morgan fingerprint density at radius 1 is 1.15 bits per heavy atom. The van der Waals surface area contributed by atoms with E-state index < -0.39 is 21.7 Å². The summed E-state index contributed by atoms with van der Waals surface area (Å²) in [4.78, 5) is 17.5. The zero-order chi connectivity index (χ0) is 24.3. The predicted molar refractivity (Wildman–Crippen MR) is 130 cm³/mol. The molecule has 0 spiro atoms. The van der Waals surface area contributed by atoms with Crippen LogP contribution >= 0.6 is 22.9 Å². The molecule has 1 heterocycles. The van der Waals surface area contributed by atoms with Gasteiger partial charge in [-0.1, -0.05) is 35.1 Å². The maximum absolute atomic E-state index is 14.5. The van der Waals surface area contributed by atoms with Gasteiger partial charge in [-0.3, -0.25) is 9.52 Å². The fourth-order valence-corrected chi connectivity index (χ4v) is 5.50. The SMILES string of the molecule is COCCn1c(=NC(=O)c2cccc(NS(=O)(=O)c3ccc(Cl)cc3)c2)sc2cccc(F)c21. The third-order valence-electron chi connectivity index (χ3n) is 4.85. The lowest BCUT2D eigenvalue weighted by Gasteiger charge is -2.09. The summed E-state index contributed by atoms with van der Waals surface area (Å²) in [7, 11) is -2.35. The van der Waals surface area contributed by atoms with Gasteiger partial charge in [0.1, 0.15) is 5.82 Å². The number of carbonyl (C=O) groups excluding carboxylic acids is 1. The number of aromatic nitrogens is 1. The Hall–Kier alpha value is -3.05. The number of hydrogen-bond donors (Lipinski definition) is 1. The molecule has 0 saturated carbocycles. The fourth-order valence-electron chi connectivity index (χ4n) is 3.26. The standard InChI is InChI=1S/C23H19ClFN3O4S2/c1-32-13-12-28-21-19(25)6-3-7-20(21)33-23(28)26-22(29)15-4-2-5-17(14-15)27-34(30,31)18-10-8-16(24)9-11-18/h2-11,14,27H,12-13H2,1H3. The van der Waals surface area contributed by atoms with Gasteiger partial charge in [-0.05, 0) is 54.6 Å². The Balaban J connectivity index is 1.67. The summed E-state index contributed by atoms with van der Waals surface area (Å²) in [5.41, 5.74) is 0.721. The van der Waals surface area contributed by atoms with E-state index in [1.807, 2.05) is 0 Å². The first-order valence-electron chi connectivity index (χ1n) is 10.0. The average molecular weight is 520 g/mol. The molecule has 0 fully saturated rings. The van der Waals surface area contributed by atoms with Crippen LogP contribution in [0.4, 0.5) is 10.1 Å². The molecule has 7 nitrogen and oxygen atoms in total. The summed E-state index contributed by atoms with van der Waals surface area (Å²) in [5, 5.41) is 0.414. The number of para-hydroxylation sites is 1. The van der Waals surface area contributed by atoms with E-state index >= 15 is 0 Å². The number of methoxy groups -OCH3 is 1. The van der Waals surface area contributed by atoms with Gasteiger partial charge in [0.25, 0.3) is 15.9 Å². The van der Waals surface area contributed by atoms with Crippen LogP contribution in [-0.2, 0) is 21.3 Å². The van der Waals surface area contributed by atoms with Crippen LogP contribution in [0.1, 0.15) is 10.4 Å². The van der Waals surface area contributed by atoms with E-state index in [0.717, 1.165) is 0 Å². The lowest BCUT2D eigenvalue weighted by atomic mass is 10.2. The summed E-state index contributed by atoms with van der Waals surface area (Å²) in [6.07, 6.45) is 0. The van der Waals surface area contributed by atoms with E-state index in [-0.39, 0.29) is 16.1 Å². The monoisotopic (exact) mass is 519 g/mol. The zero-order valence-corrected chi connectivity index (χ0v) is 20.3. The number of fused-ring (bicyclic) bond motifs is 1. The van der Waals surface area contributed by atoms with Crippen LogP contribution in [-0.4, -0.2) is 32.6 Å². The number of nitrogens with one attached hydrogen (secondary N) is 1. The zero-order valence-electron chi connectivity index (χ0n) is 17.9. The summed E-state index contributed by atoms with van der Waals surface area (Å²) >= 11 is 7.01. The second-order valence-corrected chi connectivity index (χ2v) is 10.3. The number of amides is 1. The van der Waals surface area contributed by atoms with Gasteiger partial charge in [-0.2, -0.15) is 4.99 Å². The second-order valence-electron chi connectivity index (χ2n) is 7.17. The van der Waals surface area contributed by atoms with Gasteiger partial charge >= 0.3 is 0 Å². The molecule has 0 aliphatic rings. The van der Waals surface area contributed by atoms with Crippen molar-refractivity contribution in [3.8, 4) is 0 Å². The highest BCUT2D eigenvalue weighted by Crippen LogP contribution is 2.22. The van der Waals surface area contributed by atoms with Crippen LogP contribution in [0.3, 0.4) is 0 Å². The molecule has 4 rings (SSSR count). The van der Waals surface area contributed by atoms with Crippen molar-refractivity contribution >= 4 is 54.8 Å². The maximum Gasteiger partial charge on any atom is 0.279 e. The largest absolute Gasteiger partial charge is 0.383 e. The molecule has 0 atom stereocenters. The van der Waals surface area contributed by atoms with Gasteiger partial charge in [-0.25, -0.2) is 12.8 Å². The number of thiazole rings is 1. The molecule has 0 aliphatic carbocycles. The predicted octanol–water partition coefficient (Wildman–Crippen LogP) is 4.68. The number of ether oxygens (including phenoxy) is 1. The Morgan fingerprint density at radius 3 is 2.62 bits per heavy atom. The molecule has 4 aromatic rings. The molecular weight excluding hydrogens is 501 g/mol. The van der Waals surface area contributed by atoms with Crippen LogP contribution in [0.25, 0.3) is 10.2 Å². The number of benzene rings is 3. The van der Waals surface area contributed by atoms with Crippen LogP contribution in [0.15, 0.2) is 76.6 Å². The highest BCUT2D eigenvalue weighted by atomic mass is 35.5. The molecule has 3 aromatic carbocycles. The van der Waals surface area contributed by atoms with E-state index in [2.05, 4.69) is 9.71 Å². The topological polar surface area (TPSA) is 89.8 Å². The number of carbonyl (C=O) groups is 1. The quantitative estimate of drug-likeness (QED) is 0.384. The number of sulfonamides is 1. The minimum Gasteiger partial charge on any atom is -0.383 e. The Bertz CT molecular complexity index is 1530. The number of halogens is 2. The van der Waals surface area contributed by atoms with Crippen molar-refractivity contribution in [2.45, 2.75) is 11.4 Å². The molecular formula is C23H19ClFN3O4S2. The van der Waals surface area contributed by atoms with Gasteiger partial charge in [0.2, 0.25) is 0 Å². The molecule has 176 valence electrons. The molecule has 0 saturated heterocycles. The van der Waals surface area contributed by atoms with Crippen molar-refractivity contribution in [2.75, 3.05) is 18.4 Å².